The second-order valence-corrected chi connectivity index (χ2v) is 4.77. The van der Waals surface area contributed by atoms with Gasteiger partial charge in [0.25, 0.3) is 0 Å². The van der Waals surface area contributed by atoms with Gasteiger partial charge in [-0.1, -0.05) is 12.1 Å². The summed E-state index contributed by atoms with van der Waals surface area (Å²) in [4.78, 5) is 6.81. The third-order valence-corrected chi connectivity index (χ3v) is 3.38. The van der Waals surface area contributed by atoms with Crippen molar-refractivity contribution < 1.29 is 4.74 Å². The molecular formula is C15H15N3O. The smallest absolute Gasteiger partial charge is 0.147 e. The van der Waals surface area contributed by atoms with E-state index in [4.69, 9.17) is 4.74 Å². The maximum Gasteiger partial charge on any atom is 0.147 e. The minimum atomic E-state index is 0.637. The van der Waals surface area contributed by atoms with E-state index in [0.717, 1.165) is 29.8 Å². The number of benzene rings is 1. The number of anilines is 1. The van der Waals surface area contributed by atoms with Crippen molar-refractivity contribution in [3.05, 3.63) is 35.4 Å². The van der Waals surface area contributed by atoms with Crippen LogP contribution in [0.1, 0.15) is 11.1 Å². The predicted octanol–water partition coefficient (Wildman–Crippen LogP) is 2.25. The van der Waals surface area contributed by atoms with Gasteiger partial charge < -0.3 is 9.64 Å². The van der Waals surface area contributed by atoms with Crippen molar-refractivity contribution in [2.75, 3.05) is 31.2 Å². The first-order valence-corrected chi connectivity index (χ1v) is 6.42. The van der Waals surface area contributed by atoms with E-state index < -0.39 is 0 Å². The van der Waals surface area contributed by atoms with Crippen LogP contribution in [0.25, 0.3) is 10.9 Å². The molecule has 4 heteroatoms. The zero-order chi connectivity index (χ0) is 13.2. The number of nitriles is 1. The number of hydrogen-bond donors (Lipinski definition) is 0. The lowest BCUT2D eigenvalue weighted by Gasteiger charge is -2.28. The van der Waals surface area contributed by atoms with Crippen LogP contribution in [0, 0.1) is 18.3 Å². The van der Waals surface area contributed by atoms with E-state index in [1.165, 1.54) is 5.56 Å². The Bertz CT molecular complexity index is 654. The molecule has 1 fully saturated rings. The number of ether oxygens (including phenoxy) is 1. The van der Waals surface area contributed by atoms with Crippen molar-refractivity contribution in [2.45, 2.75) is 6.92 Å². The Morgan fingerprint density at radius 1 is 1.26 bits per heavy atom. The predicted molar refractivity (Wildman–Crippen MR) is 74.2 cm³/mol. The van der Waals surface area contributed by atoms with Crippen molar-refractivity contribution in [2.24, 2.45) is 0 Å². The standard InChI is InChI=1S/C15H15N3O/c1-11-2-3-12-9-13(10-16)15(17-14(12)8-11)18-4-6-19-7-5-18/h2-3,8-9H,4-7H2,1H3. The summed E-state index contributed by atoms with van der Waals surface area (Å²) < 4.78 is 5.35. The molecule has 0 amide bonds. The van der Waals surface area contributed by atoms with Crippen LogP contribution in [0.4, 0.5) is 5.82 Å². The Morgan fingerprint density at radius 2 is 2.05 bits per heavy atom. The lowest BCUT2D eigenvalue weighted by molar-refractivity contribution is 0.122. The molecule has 1 saturated heterocycles. The van der Waals surface area contributed by atoms with E-state index in [9.17, 15) is 5.26 Å². The topological polar surface area (TPSA) is 49.2 Å². The van der Waals surface area contributed by atoms with Crippen LogP contribution >= 0.6 is 0 Å². The molecule has 1 aliphatic rings. The minimum absolute atomic E-state index is 0.637. The van der Waals surface area contributed by atoms with Crippen molar-refractivity contribution in [1.82, 2.24) is 4.98 Å². The SMILES string of the molecule is Cc1ccc2cc(C#N)c(N3CCOCC3)nc2c1. The molecule has 1 aliphatic heterocycles. The van der Waals surface area contributed by atoms with Crippen molar-refractivity contribution in [1.29, 1.82) is 5.26 Å². The third kappa shape index (κ3) is 2.25. The molecule has 0 spiro atoms. The summed E-state index contributed by atoms with van der Waals surface area (Å²) in [5.41, 5.74) is 2.76. The lowest BCUT2D eigenvalue weighted by atomic mass is 10.1. The first kappa shape index (κ1) is 11.9. The molecule has 4 nitrogen and oxygen atoms in total. The van der Waals surface area contributed by atoms with Gasteiger partial charge >= 0.3 is 0 Å². The summed E-state index contributed by atoms with van der Waals surface area (Å²) in [6.07, 6.45) is 0. The average Bonchev–Trinajstić information content (AvgIpc) is 2.46. The average molecular weight is 253 g/mol. The highest BCUT2D eigenvalue weighted by molar-refractivity contribution is 5.83. The number of nitrogens with zero attached hydrogens (tertiary/aromatic N) is 3. The van der Waals surface area contributed by atoms with Crippen molar-refractivity contribution >= 4 is 16.7 Å². The molecule has 0 unspecified atom stereocenters. The van der Waals surface area contributed by atoms with Gasteiger partial charge in [-0.3, -0.25) is 0 Å². The number of fused-ring (bicyclic) bond motifs is 1. The molecule has 2 heterocycles. The van der Waals surface area contributed by atoms with E-state index in [0.29, 0.717) is 18.8 Å². The van der Waals surface area contributed by atoms with Gasteiger partial charge in [-0.25, -0.2) is 4.98 Å². The zero-order valence-electron chi connectivity index (χ0n) is 10.9. The van der Waals surface area contributed by atoms with Gasteiger partial charge in [-0.2, -0.15) is 5.26 Å². The van der Waals surface area contributed by atoms with Crippen LogP contribution in [-0.2, 0) is 4.74 Å². The Morgan fingerprint density at radius 3 is 2.79 bits per heavy atom. The molecule has 0 N–H and O–H groups in total. The summed E-state index contributed by atoms with van der Waals surface area (Å²) in [5, 5.41) is 10.3. The largest absolute Gasteiger partial charge is 0.378 e. The monoisotopic (exact) mass is 253 g/mol. The van der Waals surface area contributed by atoms with Crippen LogP contribution in [0.15, 0.2) is 24.3 Å². The van der Waals surface area contributed by atoms with Gasteiger partial charge in [0.15, 0.2) is 0 Å². The highest BCUT2D eigenvalue weighted by atomic mass is 16.5. The van der Waals surface area contributed by atoms with Gasteiger partial charge in [-0.15, -0.1) is 0 Å². The second-order valence-electron chi connectivity index (χ2n) is 4.77. The Kier molecular flexibility index (Phi) is 3.06. The van der Waals surface area contributed by atoms with Gasteiger partial charge in [-0.05, 0) is 24.6 Å². The molecule has 0 saturated carbocycles. The summed E-state index contributed by atoms with van der Waals surface area (Å²) in [6.45, 7) is 5.02. The number of pyridine rings is 1. The van der Waals surface area contributed by atoms with E-state index in [2.05, 4.69) is 22.0 Å². The molecule has 2 aromatic rings. The quantitative estimate of drug-likeness (QED) is 0.782. The van der Waals surface area contributed by atoms with Crippen LogP contribution in [0.5, 0.6) is 0 Å². The zero-order valence-corrected chi connectivity index (χ0v) is 10.9. The maximum atomic E-state index is 9.32. The van der Waals surface area contributed by atoms with E-state index >= 15 is 0 Å². The van der Waals surface area contributed by atoms with Crippen LogP contribution < -0.4 is 4.90 Å². The third-order valence-electron chi connectivity index (χ3n) is 3.38. The second kappa shape index (κ2) is 4.87. The Hall–Kier alpha value is -2.12. The molecule has 1 aromatic carbocycles. The van der Waals surface area contributed by atoms with Crippen LogP contribution in [0.2, 0.25) is 0 Å². The lowest BCUT2D eigenvalue weighted by Crippen LogP contribution is -2.37. The van der Waals surface area contributed by atoms with Crippen LogP contribution in [0.3, 0.4) is 0 Å². The number of hydrogen-bond acceptors (Lipinski definition) is 4. The normalized spacial score (nSPS) is 15.5. The molecule has 1 aromatic heterocycles. The fraction of sp³-hybridized carbons (Fsp3) is 0.333. The molecule has 0 radical (unpaired) electrons. The number of aromatic nitrogens is 1. The molecular weight excluding hydrogens is 238 g/mol. The highest BCUT2D eigenvalue weighted by Crippen LogP contribution is 2.24. The number of rotatable bonds is 1. The van der Waals surface area contributed by atoms with Crippen molar-refractivity contribution in [3.63, 3.8) is 0 Å². The molecule has 96 valence electrons. The summed E-state index contributed by atoms with van der Waals surface area (Å²) >= 11 is 0. The Balaban J connectivity index is 2.13. The summed E-state index contributed by atoms with van der Waals surface area (Å²) in [7, 11) is 0. The number of morpholine rings is 1. The maximum absolute atomic E-state index is 9.32. The molecule has 0 aliphatic carbocycles. The first-order chi connectivity index (χ1) is 9.28. The summed E-state index contributed by atoms with van der Waals surface area (Å²) in [5.74, 6) is 0.781. The van der Waals surface area contributed by atoms with E-state index in [-0.39, 0.29) is 0 Å². The van der Waals surface area contributed by atoms with Crippen LogP contribution in [-0.4, -0.2) is 31.3 Å². The molecule has 0 atom stereocenters. The summed E-state index contributed by atoms with van der Waals surface area (Å²) in [6, 6.07) is 10.3. The minimum Gasteiger partial charge on any atom is -0.378 e. The van der Waals surface area contributed by atoms with Gasteiger partial charge in [0, 0.05) is 18.5 Å². The molecule has 3 rings (SSSR count). The fourth-order valence-corrected chi connectivity index (χ4v) is 2.37. The van der Waals surface area contributed by atoms with Gasteiger partial charge in [0.05, 0.1) is 24.3 Å². The number of aryl methyl sites for hydroxylation is 1. The van der Waals surface area contributed by atoms with Gasteiger partial charge in [0.1, 0.15) is 11.9 Å². The van der Waals surface area contributed by atoms with Gasteiger partial charge in [0.2, 0.25) is 0 Å². The van der Waals surface area contributed by atoms with E-state index in [1.807, 2.05) is 25.1 Å². The fourth-order valence-electron chi connectivity index (χ4n) is 2.37. The Labute approximate surface area is 112 Å². The first-order valence-electron chi connectivity index (χ1n) is 6.42. The molecule has 0 bridgehead atoms. The van der Waals surface area contributed by atoms with Crippen molar-refractivity contribution in [3.8, 4) is 6.07 Å². The van der Waals surface area contributed by atoms with E-state index in [1.54, 1.807) is 0 Å². The molecule has 19 heavy (non-hydrogen) atoms. The highest BCUT2D eigenvalue weighted by Gasteiger charge is 2.17.